The zero-order valence-corrected chi connectivity index (χ0v) is 7.48. The maximum absolute atomic E-state index is 12.7. The first-order chi connectivity index (χ1) is 5.15. The Labute approximate surface area is 101 Å². The standard InChI is InChI=1S/C7H7BrFNO.Na.H/c1-11-7-2-4(8)5(9)3-6(7)10;;/h2-3H,10H2,1H3;;. The van der Waals surface area contributed by atoms with Crippen molar-refractivity contribution in [3.05, 3.63) is 22.4 Å². The fraction of sp³-hybridized carbons (Fsp3) is 0.143. The predicted molar refractivity (Wildman–Crippen MR) is 52.2 cm³/mol. The average Bonchev–Trinajstić information content (AvgIpc) is 1.97. The fourth-order valence-electron chi connectivity index (χ4n) is 0.721. The van der Waals surface area contributed by atoms with Gasteiger partial charge < -0.3 is 10.5 Å². The zero-order chi connectivity index (χ0) is 8.43. The Morgan fingerprint density at radius 2 is 2.08 bits per heavy atom. The van der Waals surface area contributed by atoms with Crippen molar-refractivity contribution >= 4 is 51.2 Å². The zero-order valence-electron chi connectivity index (χ0n) is 5.90. The van der Waals surface area contributed by atoms with Gasteiger partial charge in [0.25, 0.3) is 0 Å². The van der Waals surface area contributed by atoms with Crippen molar-refractivity contribution < 1.29 is 9.13 Å². The number of rotatable bonds is 1. The van der Waals surface area contributed by atoms with Gasteiger partial charge in [0.15, 0.2) is 0 Å². The van der Waals surface area contributed by atoms with Crippen molar-refractivity contribution in [3.8, 4) is 5.75 Å². The maximum atomic E-state index is 12.7. The first-order valence-electron chi connectivity index (χ1n) is 2.93. The fourth-order valence-corrected chi connectivity index (χ4v) is 1.04. The molecule has 0 atom stereocenters. The normalized spacial score (nSPS) is 8.92. The summed E-state index contributed by atoms with van der Waals surface area (Å²) in [6.07, 6.45) is 0. The first-order valence-corrected chi connectivity index (χ1v) is 3.73. The van der Waals surface area contributed by atoms with Crippen molar-refractivity contribution in [1.29, 1.82) is 0 Å². The van der Waals surface area contributed by atoms with Gasteiger partial charge in [-0.15, -0.1) is 0 Å². The van der Waals surface area contributed by atoms with Crippen LogP contribution in [0.5, 0.6) is 5.75 Å². The first kappa shape index (κ1) is 12.2. The van der Waals surface area contributed by atoms with E-state index in [-0.39, 0.29) is 35.4 Å². The molecule has 0 bridgehead atoms. The van der Waals surface area contributed by atoms with Crippen LogP contribution in [-0.4, -0.2) is 36.7 Å². The Morgan fingerprint density at radius 1 is 1.50 bits per heavy atom. The minimum atomic E-state index is -0.386. The van der Waals surface area contributed by atoms with Gasteiger partial charge in [-0.05, 0) is 22.0 Å². The molecule has 0 aliphatic rings. The van der Waals surface area contributed by atoms with Crippen LogP contribution >= 0.6 is 15.9 Å². The number of hydrogen-bond donors (Lipinski definition) is 1. The second-order valence-electron chi connectivity index (χ2n) is 2.01. The van der Waals surface area contributed by atoms with E-state index in [1.165, 1.54) is 19.2 Å². The van der Waals surface area contributed by atoms with Crippen LogP contribution < -0.4 is 10.5 Å². The predicted octanol–water partition coefficient (Wildman–Crippen LogP) is 1.53. The van der Waals surface area contributed by atoms with E-state index in [9.17, 15) is 4.39 Å². The molecule has 62 valence electrons. The van der Waals surface area contributed by atoms with Crippen molar-refractivity contribution in [2.24, 2.45) is 0 Å². The van der Waals surface area contributed by atoms with E-state index in [0.717, 1.165) is 0 Å². The van der Waals surface area contributed by atoms with E-state index in [4.69, 9.17) is 10.5 Å². The molecule has 0 fully saturated rings. The van der Waals surface area contributed by atoms with Crippen LogP contribution in [0, 0.1) is 5.82 Å². The monoisotopic (exact) mass is 243 g/mol. The third kappa shape index (κ3) is 2.62. The second kappa shape index (κ2) is 5.07. The summed E-state index contributed by atoms with van der Waals surface area (Å²) in [5.41, 5.74) is 5.71. The average molecular weight is 244 g/mol. The van der Waals surface area contributed by atoms with Crippen LogP contribution in [0.3, 0.4) is 0 Å². The molecule has 0 aliphatic heterocycles. The number of benzene rings is 1. The van der Waals surface area contributed by atoms with Gasteiger partial charge in [-0.2, -0.15) is 0 Å². The van der Waals surface area contributed by atoms with Crippen molar-refractivity contribution in [2.45, 2.75) is 0 Å². The molecule has 1 aromatic rings. The SMILES string of the molecule is COc1cc(Br)c(F)cc1N.[NaH]. The molecule has 1 aromatic carbocycles. The van der Waals surface area contributed by atoms with E-state index in [1.807, 2.05) is 0 Å². The third-order valence-electron chi connectivity index (χ3n) is 1.27. The van der Waals surface area contributed by atoms with E-state index >= 15 is 0 Å². The number of ether oxygens (including phenoxy) is 1. The van der Waals surface area contributed by atoms with E-state index in [2.05, 4.69) is 15.9 Å². The van der Waals surface area contributed by atoms with Gasteiger partial charge in [0, 0.05) is 6.07 Å². The molecule has 0 unspecified atom stereocenters. The van der Waals surface area contributed by atoms with Gasteiger partial charge >= 0.3 is 29.6 Å². The summed E-state index contributed by atoms with van der Waals surface area (Å²) < 4.78 is 17.9. The number of nitrogen functional groups attached to an aromatic ring is 1. The summed E-state index contributed by atoms with van der Waals surface area (Å²) >= 11 is 3.01. The molecule has 0 saturated carbocycles. The Balaban J connectivity index is 0.00000121. The second-order valence-corrected chi connectivity index (χ2v) is 2.86. The molecule has 2 nitrogen and oxygen atoms in total. The summed E-state index contributed by atoms with van der Waals surface area (Å²) in [4.78, 5) is 0. The molecule has 0 radical (unpaired) electrons. The Hall–Kier alpha value is 0.230. The molecular weight excluding hydrogens is 236 g/mol. The van der Waals surface area contributed by atoms with Crippen LogP contribution in [-0.2, 0) is 0 Å². The van der Waals surface area contributed by atoms with E-state index in [1.54, 1.807) is 0 Å². The number of halogens is 2. The van der Waals surface area contributed by atoms with Gasteiger partial charge in [0.1, 0.15) is 11.6 Å². The molecule has 0 saturated heterocycles. The summed E-state index contributed by atoms with van der Waals surface area (Å²) in [6, 6.07) is 2.70. The molecule has 1 rings (SSSR count). The molecule has 0 aliphatic carbocycles. The van der Waals surface area contributed by atoms with Gasteiger partial charge in [0.05, 0.1) is 17.3 Å². The van der Waals surface area contributed by atoms with E-state index < -0.39 is 0 Å². The van der Waals surface area contributed by atoms with Crippen molar-refractivity contribution in [3.63, 3.8) is 0 Å². The van der Waals surface area contributed by atoms with Crippen LogP contribution in [0.2, 0.25) is 0 Å². The van der Waals surface area contributed by atoms with Gasteiger partial charge in [-0.3, -0.25) is 0 Å². The Bertz CT molecular complexity index is 282. The quantitative estimate of drug-likeness (QED) is 0.600. The third-order valence-corrected chi connectivity index (χ3v) is 1.88. The number of anilines is 1. The molecule has 12 heavy (non-hydrogen) atoms. The molecular formula is C7H8BrFNNaO. The topological polar surface area (TPSA) is 35.2 Å². The molecule has 0 heterocycles. The summed E-state index contributed by atoms with van der Waals surface area (Å²) in [5, 5.41) is 0. The van der Waals surface area contributed by atoms with Gasteiger partial charge in [-0.25, -0.2) is 4.39 Å². The molecule has 2 N–H and O–H groups in total. The summed E-state index contributed by atoms with van der Waals surface area (Å²) in [7, 11) is 1.48. The Kier molecular flexibility index (Phi) is 5.16. The molecule has 5 heteroatoms. The van der Waals surface area contributed by atoms with Crippen LogP contribution in [0.4, 0.5) is 10.1 Å². The molecule has 0 aromatic heterocycles. The number of hydrogen-bond acceptors (Lipinski definition) is 2. The van der Waals surface area contributed by atoms with Gasteiger partial charge in [0.2, 0.25) is 0 Å². The Morgan fingerprint density at radius 3 is 2.58 bits per heavy atom. The van der Waals surface area contributed by atoms with Gasteiger partial charge in [-0.1, -0.05) is 0 Å². The number of methoxy groups -OCH3 is 1. The van der Waals surface area contributed by atoms with Crippen LogP contribution in [0.15, 0.2) is 16.6 Å². The van der Waals surface area contributed by atoms with E-state index in [0.29, 0.717) is 15.9 Å². The molecule has 0 spiro atoms. The summed E-state index contributed by atoms with van der Waals surface area (Å²) in [6.45, 7) is 0. The van der Waals surface area contributed by atoms with Crippen LogP contribution in [0.25, 0.3) is 0 Å². The van der Waals surface area contributed by atoms with Crippen LogP contribution in [0.1, 0.15) is 0 Å². The minimum absolute atomic E-state index is 0. The van der Waals surface area contributed by atoms with Crippen molar-refractivity contribution in [1.82, 2.24) is 0 Å². The molecule has 0 amide bonds. The van der Waals surface area contributed by atoms with Crippen molar-refractivity contribution in [2.75, 3.05) is 12.8 Å². The number of nitrogens with two attached hydrogens (primary N) is 1. The summed E-state index contributed by atoms with van der Waals surface area (Å²) in [5.74, 6) is 0.0848.